The topological polar surface area (TPSA) is 92.5 Å². The summed E-state index contributed by atoms with van der Waals surface area (Å²) in [5.41, 5.74) is 7.02. The Bertz CT molecular complexity index is 613. The smallest absolute Gasteiger partial charge is 0.262 e. The molecule has 0 aromatic heterocycles. The number of nitrogens with zero attached hydrogens (tertiary/aromatic N) is 1. The van der Waals surface area contributed by atoms with Crippen LogP contribution in [0, 0.1) is 6.92 Å². The molecule has 6 heteroatoms. The molecule has 0 aliphatic carbocycles. The molecule has 1 unspecified atom stereocenters. The minimum absolute atomic E-state index is 0.330. The predicted octanol–water partition coefficient (Wildman–Crippen LogP) is 0.835. The highest BCUT2D eigenvalue weighted by atomic mass is 16.2. The van der Waals surface area contributed by atoms with Crippen molar-refractivity contribution in [3.05, 3.63) is 34.9 Å². The van der Waals surface area contributed by atoms with Gasteiger partial charge in [0.05, 0.1) is 11.1 Å². The quantitative estimate of drug-likeness (QED) is 0.601. The molecule has 1 aromatic rings. The molecule has 118 valence electrons. The molecule has 1 aliphatic heterocycles. The van der Waals surface area contributed by atoms with Gasteiger partial charge in [-0.3, -0.25) is 19.3 Å². The third-order valence-electron chi connectivity index (χ3n) is 3.77. The lowest BCUT2D eigenvalue weighted by Crippen LogP contribution is -2.48. The van der Waals surface area contributed by atoms with E-state index in [4.69, 9.17) is 5.73 Å². The number of unbranched alkanes of at least 4 members (excludes halogenated alkanes) is 1. The van der Waals surface area contributed by atoms with Crippen LogP contribution < -0.4 is 11.1 Å². The fourth-order valence-corrected chi connectivity index (χ4v) is 2.47. The Morgan fingerprint density at radius 1 is 1.23 bits per heavy atom. The van der Waals surface area contributed by atoms with Crippen molar-refractivity contribution in [3.63, 3.8) is 0 Å². The Hall–Kier alpha value is -2.21. The Labute approximate surface area is 129 Å². The Balaban J connectivity index is 2.08. The van der Waals surface area contributed by atoms with Gasteiger partial charge in [-0.2, -0.15) is 0 Å². The summed E-state index contributed by atoms with van der Waals surface area (Å²) < 4.78 is 0. The summed E-state index contributed by atoms with van der Waals surface area (Å²) >= 11 is 0. The number of aryl methyl sites for hydroxylation is 1. The van der Waals surface area contributed by atoms with Gasteiger partial charge in [0.15, 0.2) is 0 Å². The first-order chi connectivity index (χ1) is 10.5. The second-order valence-electron chi connectivity index (χ2n) is 5.49. The summed E-state index contributed by atoms with van der Waals surface area (Å²) in [6, 6.07) is 4.27. The van der Waals surface area contributed by atoms with Crippen molar-refractivity contribution in [1.82, 2.24) is 10.2 Å². The van der Waals surface area contributed by atoms with Gasteiger partial charge in [0.1, 0.15) is 6.04 Å². The number of hydrogen-bond donors (Lipinski definition) is 2. The van der Waals surface area contributed by atoms with Gasteiger partial charge in [0, 0.05) is 6.54 Å². The molecule has 0 bridgehead atoms. The standard InChI is InChI=1S/C16H21N3O3/c1-10-5-6-12-13(9-10)16(22)19(15(12)21)11(2)14(20)18-8-4-3-7-17/h5-6,9,11H,3-4,7-8,17H2,1-2H3,(H,18,20). The maximum atomic E-state index is 12.4. The molecule has 22 heavy (non-hydrogen) atoms. The fraction of sp³-hybridized carbons (Fsp3) is 0.438. The predicted molar refractivity (Wildman–Crippen MR) is 82.4 cm³/mol. The molecule has 0 radical (unpaired) electrons. The van der Waals surface area contributed by atoms with Crippen LogP contribution >= 0.6 is 0 Å². The number of imide groups is 1. The van der Waals surface area contributed by atoms with Crippen LogP contribution in [0.2, 0.25) is 0 Å². The van der Waals surface area contributed by atoms with Crippen molar-refractivity contribution in [2.45, 2.75) is 32.7 Å². The van der Waals surface area contributed by atoms with Gasteiger partial charge in [-0.05, 0) is 45.4 Å². The maximum Gasteiger partial charge on any atom is 0.262 e. The zero-order valence-electron chi connectivity index (χ0n) is 12.9. The number of fused-ring (bicyclic) bond motifs is 1. The van der Waals surface area contributed by atoms with Gasteiger partial charge >= 0.3 is 0 Å². The van der Waals surface area contributed by atoms with Gasteiger partial charge in [0.2, 0.25) is 5.91 Å². The van der Waals surface area contributed by atoms with Crippen molar-refractivity contribution >= 4 is 17.7 Å². The van der Waals surface area contributed by atoms with E-state index in [1.165, 1.54) is 0 Å². The molecule has 3 N–H and O–H groups in total. The lowest BCUT2D eigenvalue weighted by molar-refractivity contribution is -0.124. The largest absolute Gasteiger partial charge is 0.354 e. The van der Waals surface area contributed by atoms with Crippen LogP contribution in [0.1, 0.15) is 46.0 Å². The number of amides is 3. The second kappa shape index (κ2) is 6.70. The number of benzene rings is 1. The summed E-state index contributed by atoms with van der Waals surface area (Å²) in [4.78, 5) is 37.9. The summed E-state index contributed by atoms with van der Waals surface area (Å²) in [6.45, 7) is 4.48. The van der Waals surface area contributed by atoms with Crippen LogP contribution in [-0.4, -0.2) is 41.8 Å². The molecule has 2 rings (SSSR count). The van der Waals surface area contributed by atoms with Crippen molar-refractivity contribution < 1.29 is 14.4 Å². The average Bonchev–Trinajstić information content (AvgIpc) is 2.74. The van der Waals surface area contributed by atoms with E-state index in [-0.39, 0.29) is 5.91 Å². The van der Waals surface area contributed by atoms with E-state index >= 15 is 0 Å². The van der Waals surface area contributed by atoms with E-state index in [0.717, 1.165) is 23.3 Å². The molecule has 6 nitrogen and oxygen atoms in total. The van der Waals surface area contributed by atoms with Gasteiger partial charge in [0.25, 0.3) is 11.8 Å². The number of hydrogen-bond acceptors (Lipinski definition) is 4. The SMILES string of the molecule is Cc1ccc2c(c1)C(=O)N(C(C)C(=O)NCCCCN)C2=O. The molecule has 1 atom stereocenters. The molecule has 0 saturated heterocycles. The van der Waals surface area contributed by atoms with E-state index in [0.29, 0.717) is 24.2 Å². The van der Waals surface area contributed by atoms with Crippen molar-refractivity contribution in [2.24, 2.45) is 5.73 Å². The molecular formula is C16H21N3O3. The first kappa shape index (κ1) is 16.2. The van der Waals surface area contributed by atoms with Crippen molar-refractivity contribution in [3.8, 4) is 0 Å². The Morgan fingerprint density at radius 2 is 1.91 bits per heavy atom. The van der Waals surface area contributed by atoms with Crippen molar-refractivity contribution in [1.29, 1.82) is 0 Å². The molecule has 1 heterocycles. The van der Waals surface area contributed by atoms with Crippen LogP contribution in [-0.2, 0) is 4.79 Å². The molecule has 1 aromatic carbocycles. The van der Waals surface area contributed by atoms with E-state index < -0.39 is 17.9 Å². The van der Waals surface area contributed by atoms with Gasteiger partial charge in [-0.1, -0.05) is 11.6 Å². The summed E-state index contributed by atoms with van der Waals surface area (Å²) in [6.07, 6.45) is 1.59. The number of carbonyl (C=O) groups is 3. The van der Waals surface area contributed by atoms with Crippen LogP contribution in [0.4, 0.5) is 0 Å². The normalized spacial score (nSPS) is 15.0. The van der Waals surface area contributed by atoms with E-state index in [2.05, 4.69) is 5.32 Å². The minimum atomic E-state index is -0.828. The second-order valence-corrected chi connectivity index (χ2v) is 5.49. The first-order valence-corrected chi connectivity index (χ1v) is 7.43. The third-order valence-corrected chi connectivity index (χ3v) is 3.77. The summed E-state index contributed by atoms with van der Waals surface area (Å²) in [5, 5.41) is 2.73. The lowest BCUT2D eigenvalue weighted by atomic mass is 10.1. The zero-order chi connectivity index (χ0) is 16.3. The summed E-state index contributed by atoms with van der Waals surface area (Å²) in [7, 11) is 0. The molecule has 0 saturated carbocycles. The van der Waals surface area contributed by atoms with Crippen molar-refractivity contribution in [2.75, 3.05) is 13.1 Å². The number of carbonyl (C=O) groups excluding carboxylic acids is 3. The average molecular weight is 303 g/mol. The monoisotopic (exact) mass is 303 g/mol. The highest BCUT2D eigenvalue weighted by Gasteiger charge is 2.40. The number of nitrogens with one attached hydrogen (secondary N) is 1. The third kappa shape index (κ3) is 3.01. The Kier molecular flexibility index (Phi) is 4.92. The van der Waals surface area contributed by atoms with Crippen LogP contribution in [0.25, 0.3) is 0 Å². The highest BCUT2D eigenvalue weighted by Crippen LogP contribution is 2.25. The van der Waals surface area contributed by atoms with Gasteiger partial charge < -0.3 is 11.1 Å². The van der Waals surface area contributed by atoms with Crippen LogP contribution in [0.15, 0.2) is 18.2 Å². The lowest BCUT2D eigenvalue weighted by Gasteiger charge is -2.21. The van der Waals surface area contributed by atoms with Crippen LogP contribution in [0.5, 0.6) is 0 Å². The molecule has 0 fully saturated rings. The van der Waals surface area contributed by atoms with E-state index in [1.807, 2.05) is 6.92 Å². The number of rotatable bonds is 6. The minimum Gasteiger partial charge on any atom is -0.354 e. The van der Waals surface area contributed by atoms with Crippen LogP contribution in [0.3, 0.4) is 0 Å². The van der Waals surface area contributed by atoms with Gasteiger partial charge in [-0.25, -0.2) is 0 Å². The Morgan fingerprint density at radius 3 is 2.59 bits per heavy atom. The first-order valence-electron chi connectivity index (χ1n) is 7.43. The highest BCUT2D eigenvalue weighted by molar-refractivity contribution is 6.22. The molecular weight excluding hydrogens is 282 g/mol. The molecule has 0 spiro atoms. The van der Waals surface area contributed by atoms with E-state index in [1.54, 1.807) is 25.1 Å². The van der Waals surface area contributed by atoms with Gasteiger partial charge in [-0.15, -0.1) is 0 Å². The maximum absolute atomic E-state index is 12.4. The van der Waals surface area contributed by atoms with E-state index in [9.17, 15) is 14.4 Å². The zero-order valence-corrected chi connectivity index (χ0v) is 12.9. The summed E-state index contributed by atoms with van der Waals surface area (Å²) in [5.74, 6) is -1.15. The fourth-order valence-electron chi connectivity index (χ4n) is 2.47. The number of nitrogens with two attached hydrogens (primary N) is 1. The molecule has 3 amide bonds. The molecule has 1 aliphatic rings.